The summed E-state index contributed by atoms with van der Waals surface area (Å²) in [6.45, 7) is 5.06. The molecule has 0 aliphatic carbocycles. The van der Waals surface area contributed by atoms with Crippen molar-refractivity contribution in [3.63, 3.8) is 0 Å². The molecule has 0 spiro atoms. The van der Waals surface area contributed by atoms with E-state index >= 15 is 0 Å². The molecule has 0 aromatic carbocycles. The van der Waals surface area contributed by atoms with Gasteiger partial charge in [-0.3, -0.25) is 4.98 Å². The van der Waals surface area contributed by atoms with Crippen LogP contribution in [0.25, 0.3) is 11.2 Å². The summed E-state index contributed by atoms with van der Waals surface area (Å²) in [7, 11) is 0. The largest absolute Gasteiger partial charge is 0.365 e. The fourth-order valence-corrected chi connectivity index (χ4v) is 2.83. The topological polar surface area (TPSA) is 81.4 Å². The molecule has 118 valence electrons. The fraction of sp³-hybridized carbons (Fsp3) is 0.438. The number of fused-ring (bicyclic) bond motifs is 2. The van der Waals surface area contributed by atoms with Gasteiger partial charge in [0.05, 0.1) is 6.54 Å². The standard InChI is InChI=1S/C16H19N7/c1-10(2)15-21-14-6-3-11(9-23(14)22-15)19-13-5-4-12-16(20-13)18-8-7-17-12/h4-5,7-8,10-11H,3,6,9H2,1-2H3,(H,18,19,20). The van der Waals surface area contributed by atoms with Gasteiger partial charge in [0.25, 0.3) is 0 Å². The Labute approximate surface area is 134 Å². The Bertz CT molecular complexity index is 839. The van der Waals surface area contributed by atoms with Gasteiger partial charge in [0.1, 0.15) is 17.2 Å². The first kappa shape index (κ1) is 14.0. The molecular weight excluding hydrogens is 290 g/mol. The van der Waals surface area contributed by atoms with Crippen LogP contribution in [0.5, 0.6) is 0 Å². The summed E-state index contributed by atoms with van der Waals surface area (Å²) in [5.74, 6) is 3.21. The quantitative estimate of drug-likeness (QED) is 0.798. The van der Waals surface area contributed by atoms with Gasteiger partial charge in [-0.05, 0) is 18.6 Å². The molecular formula is C16H19N7. The summed E-state index contributed by atoms with van der Waals surface area (Å²) in [6.07, 6.45) is 5.30. The van der Waals surface area contributed by atoms with E-state index in [1.54, 1.807) is 12.4 Å². The second-order valence-corrected chi connectivity index (χ2v) is 6.20. The molecule has 0 fully saturated rings. The van der Waals surface area contributed by atoms with E-state index in [-0.39, 0.29) is 0 Å². The van der Waals surface area contributed by atoms with Crippen molar-refractivity contribution < 1.29 is 0 Å². The second-order valence-electron chi connectivity index (χ2n) is 6.20. The van der Waals surface area contributed by atoms with Crippen LogP contribution in [0.15, 0.2) is 24.5 Å². The highest BCUT2D eigenvalue weighted by atomic mass is 15.4. The van der Waals surface area contributed by atoms with Crippen LogP contribution in [0, 0.1) is 0 Å². The number of hydrogen-bond acceptors (Lipinski definition) is 6. The molecule has 0 saturated carbocycles. The van der Waals surface area contributed by atoms with E-state index in [0.29, 0.717) is 17.6 Å². The third kappa shape index (κ3) is 2.74. The number of hydrogen-bond donors (Lipinski definition) is 1. The number of anilines is 1. The molecule has 1 unspecified atom stereocenters. The fourth-order valence-electron chi connectivity index (χ4n) is 2.83. The molecule has 1 aliphatic rings. The lowest BCUT2D eigenvalue weighted by atomic mass is 10.1. The minimum atomic E-state index is 0.297. The van der Waals surface area contributed by atoms with E-state index in [9.17, 15) is 0 Å². The van der Waals surface area contributed by atoms with Crippen LogP contribution in [0.4, 0.5) is 5.82 Å². The Hall–Kier alpha value is -2.57. The molecule has 0 amide bonds. The third-order valence-corrected chi connectivity index (χ3v) is 4.07. The van der Waals surface area contributed by atoms with Crippen LogP contribution in [0.1, 0.15) is 37.8 Å². The monoisotopic (exact) mass is 309 g/mol. The Morgan fingerprint density at radius 2 is 2.04 bits per heavy atom. The summed E-state index contributed by atoms with van der Waals surface area (Å²) in [6, 6.07) is 4.19. The van der Waals surface area contributed by atoms with Gasteiger partial charge in [0.2, 0.25) is 0 Å². The maximum atomic E-state index is 4.62. The highest BCUT2D eigenvalue weighted by molar-refractivity contribution is 5.71. The van der Waals surface area contributed by atoms with Crippen molar-refractivity contribution >= 4 is 17.0 Å². The van der Waals surface area contributed by atoms with Crippen molar-refractivity contribution in [3.8, 4) is 0 Å². The van der Waals surface area contributed by atoms with Crippen molar-refractivity contribution in [2.24, 2.45) is 0 Å². The molecule has 23 heavy (non-hydrogen) atoms. The Morgan fingerprint density at radius 1 is 1.17 bits per heavy atom. The summed E-state index contributed by atoms with van der Waals surface area (Å²) in [5, 5.41) is 8.10. The van der Waals surface area contributed by atoms with E-state index in [2.05, 4.69) is 44.2 Å². The van der Waals surface area contributed by atoms with Crippen molar-refractivity contribution in [2.45, 2.75) is 45.2 Å². The minimum absolute atomic E-state index is 0.297. The van der Waals surface area contributed by atoms with Crippen LogP contribution in [-0.2, 0) is 13.0 Å². The number of nitrogens with zero attached hydrogens (tertiary/aromatic N) is 6. The molecule has 0 bridgehead atoms. The minimum Gasteiger partial charge on any atom is -0.365 e. The average Bonchev–Trinajstić information content (AvgIpc) is 2.98. The molecule has 4 rings (SSSR count). The molecule has 0 saturated heterocycles. The second kappa shape index (κ2) is 5.57. The molecule has 7 heteroatoms. The van der Waals surface area contributed by atoms with Crippen LogP contribution in [0.2, 0.25) is 0 Å². The molecule has 0 radical (unpaired) electrons. The number of pyridine rings is 1. The SMILES string of the molecule is CC(C)c1nc2n(n1)CC(Nc1ccc3nccnc3n1)CC2. The smallest absolute Gasteiger partial charge is 0.180 e. The van der Waals surface area contributed by atoms with E-state index < -0.39 is 0 Å². The predicted octanol–water partition coefficient (Wildman–Crippen LogP) is 2.17. The first-order chi connectivity index (χ1) is 11.2. The van der Waals surface area contributed by atoms with Gasteiger partial charge in [-0.15, -0.1) is 0 Å². The third-order valence-electron chi connectivity index (χ3n) is 4.07. The van der Waals surface area contributed by atoms with Gasteiger partial charge in [0.15, 0.2) is 11.5 Å². The van der Waals surface area contributed by atoms with Gasteiger partial charge in [-0.25, -0.2) is 19.6 Å². The zero-order valence-electron chi connectivity index (χ0n) is 13.3. The molecule has 3 aromatic rings. The van der Waals surface area contributed by atoms with E-state index in [1.165, 1.54) is 0 Å². The maximum Gasteiger partial charge on any atom is 0.180 e. The number of nitrogens with one attached hydrogen (secondary N) is 1. The van der Waals surface area contributed by atoms with E-state index in [4.69, 9.17) is 0 Å². The van der Waals surface area contributed by atoms with Gasteiger partial charge in [-0.1, -0.05) is 13.8 Å². The normalized spacial score (nSPS) is 17.4. The summed E-state index contributed by atoms with van der Waals surface area (Å²) in [4.78, 5) is 17.6. The van der Waals surface area contributed by atoms with Crippen LogP contribution in [-0.4, -0.2) is 35.8 Å². The lowest BCUT2D eigenvalue weighted by Gasteiger charge is -2.24. The molecule has 1 N–H and O–H groups in total. The van der Waals surface area contributed by atoms with Crippen LogP contribution >= 0.6 is 0 Å². The lowest BCUT2D eigenvalue weighted by Crippen LogP contribution is -2.32. The first-order valence-corrected chi connectivity index (χ1v) is 7.97. The number of rotatable bonds is 3. The number of aromatic nitrogens is 6. The summed E-state index contributed by atoms with van der Waals surface area (Å²) in [5.41, 5.74) is 1.47. The average molecular weight is 309 g/mol. The zero-order valence-corrected chi connectivity index (χ0v) is 13.3. The molecule has 1 aliphatic heterocycles. The molecule has 1 atom stereocenters. The first-order valence-electron chi connectivity index (χ1n) is 7.97. The Morgan fingerprint density at radius 3 is 2.91 bits per heavy atom. The summed E-state index contributed by atoms with van der Waals surface area (Å²) < 4.78 is 2.03. The van der Waals surface area contributed by atoms with Crippen molar-refractivity contribution in [1.29, 1.82) is 0 Å². The molecule has 4 heterocycles. The van der Waals surface area contributed by atoms with Gasteiger partial charge >= 0.3 is 0 Å². The molecule has 3 aromatic heterocycles. The van der Waals surface area contributed by atoms with Crippen LogP contribution < -0.4 is 5.32 Å². The Kier molecular flexibility index (Phi) is 3.40. The predicted molar refractivity (Wildman–Crippen MR) is 87.2 cm³/mol. The van der Waals surface area contributed by atoms with Gasteiger partial charge in [0, 0.05) is 30.8 Å². The van der Waals surface area contributed by atoms with Crippen LogP contribution in [0.3, 0.4) is 0 Å². The molecule has 7 nitrogen and oxygen atoms in total. The highest BCUT2D eigenvalue weighted by Gasteiger charge is 2.22. The van der Waals surface area contributed by atoms with Crippen molar-refractivity contribution in [1.82, 2.24) is 29.7 Å². The number of aryl methyl sites for hydroxylation is 1. The van der Waals surface area contributed by atoms with Crippen molar-refractivity contribution in [3.05, 3.63) is 36.2 Å². The van der Waals surface area contributed by atoms with Gasteiger partial charge in [-0.2, -0.15) is 5.10 Å². The maximum absolute atomic E-state index is 4.62. The lowest BCUT2D eigenvalue weighted by molar-refractivity contribution is 0.439. The van der Waals surface area contributed by atoms with E-state index in [1.807, 2.05) is 16.8 Å². The van der Waals surface area contributed by atoms with Crippen molar-refractivity contribution in [2.75, 3.05) is 5.32 Å². The van der Waals surface area contributed by atoms with E-state index in [0.717, 1.165) is 42.4 Å². The zero-order chi connectivity index (χ0) is 15.8. The summed E-state index contributed by atoms with van der Waals surface area (Å²) >= 11 is 0. The Balaban J connectivity index is 1.52. The highest BCUT2D eigenvalue weighted by Crippen LogP contribution is 2.20. The van der Waals surface area contributed by atoms with Gasteiger partial charge < -0.3 is 5.32 Å².